The van der Waals surface area contributed by atoms with E-state index in [1.807, 2.05) is 24.3 Å². The van der Waals surface area contributed by atoms with Crippen molar-refractivity contribution in [2.24, 2.45) is 0 Å². The molecule has 0 aliphatic heterocycles. The van der Waals surface area contributed by atoms with Gasteiger partial charge in [0.15, 0.2) is 0 Å². The first-order chi connectivity index (χ1) is 11.6. The van der Waals surface area contributed by atoms with Crippen molar-refractivity contribution in [1.29, 1.82) is 0 Å². The summed E-state index contributed by atoms with van der Waals surface area (Å²) in [5, 5.41) is 19.6. The minimum Gasteiger partial charge on any atom is -0.507 e. The molecule has 2 aromatic rings. The predicted molar refractivity (Wildman–Crippen MR) is 96.6 cm³/mol. The topological polar surface area (TPSA) is 58.9 Å². The third-order valence-electron chi connectivity index (χ3n) is 3.56. The minimum atomic E-state index is 0.226. The van der Waals surface area contributed by atoms with Crippen LogP contribution < -0.4 is 9.47 Å². The van der Waals surface area contributed by atoms with Crippen LogP contribution in [0.4, 0.5) is 0 Å². The Labute approximate surface area is 142 Å². The number of benzene rings is 2. The zero-order chi connectivity index (χ0) is 17.4. The van der Waals surface area contributed by atoms with Crippen molar-refractivity contribution in [3.8, 4) is 23.0 Å². The maximum atomic E-state index is 9.80. The van der Waals surface area contributed by atoms with Gasteiger partial charge in [-0.1, -0.05) is 24.3 Å². The minimum absolute atomic E-state index is 0.226. The van der Waals surface area contributed by atoms with Crippen molar-refractivity contribution < 1.29 is 19.7 Å². The second-order valence-electron chi connectivity index (χ2n) is 5.23. The van der Waals surface area contributed by atoms with Gasteiger partial charge >= 0.3 is 0 Å². The highest BCUT2D eigenvalue weighted by molar-refractivity contribution is 5.60. The van der Waals surface area contributed by atoms with Gasteiger partial charge in [0.2, 0.25) is 0 Å². The van der Waals surface area contributed by atoms with Crippen LogP contribution in [0.25, 0.3) is 12.2 Å². The van der Waals surface area contributed by atoms with Crippen molar-refractivity contribution in [1.82, 2.24) is 0 Å². The number of hydrogen-bond donors (Lipinski definition) is 2. The molecule has 0 radical (unpaired) electrons. The van der Waals surface area contributed by atoms with Crippen LogP contribution in [0.15, 0.2) is 48.6 Å². The van der Waals surface area contributed by atoms with E-state index in [-0.39, 0.29) is 11.5 Å². The highest BCUT2D eigenvalue weighted by Gasteiger charge is 2.00. The van der Waals surface area contributed by atoms with E-state index in [1.165, 1.54) is 0 Å². The summed E-state index contributed by atoms with van der Waals surface area (Å²) in [6.45, 7) is 0. The Morgan fingerprint density at radius 2 is 1.17 bits per heavy atom. The highest BCUT2D eigenvalue weighted by Crippen LogP contribution is 2.25. The molecule has 4 heteroatoms. The van der Waals surface area contributed by atoms with Gasteiger partial charge in [-0.15, -0.1) is 0 Å². The summed E-state index contributed by atoms with van der Waals surface area (Å²) in [7, 11) is 3.19. The summed E-state index contributed by atoms with van der Waals surface area (Å²) >= 11 is 0. The number of unbranched alkanes of at least 4 members (excludes halogenated alkanes) is 1. The lowest BCUT2D eigenvalue weighted by Crippen LogP contribution is -1.83. The van der Waals surface area contributed by atoms with Gasteiger partial charge in [0.25, 0.3) is 0 Å². The molecule has 0 aliphatic rings. The van der Waals surface area contributed by atoms with Crippen molar-refractivity contribution >= 4 is 12.2 Å². The van der Waals surface area contributed by atoms with E-state index in [4.69, 9.17) is 9.47 Å². The highest BCUT2D eigenvalue weighted by atomic mass is 16.5. The summed E-state index contributed by atoms with van der Waals surface area (Å²) in [5.74, 6) is 1.87. The fourth-order valence-corrected chi connectivity index (χ4v) is 2.20. The zero-order valence-electron chi connectivity index (χ0n) is 13.9. The van der Waals surface area contributed by atoms with Crippen LogP contribution in [0.2, 0.25) is 0 Å². The first-order valence-electron chi connectivity index (χ1n) is 7.71. The van der Waals surface area contributed by atoms with Crippen molar-refractivity contribution in [2.75, 3.05) is 14.2 Å². The Morgan fingerprint density at radius 1 is 0.750 bits per heavy atom. The summed E-state index contributed by atoms with van der Waals surface area (Å²) in [6.07, 6.45) is 9.35. The van der Waals surface area contributed by atoms with E-state index in [1.54, 1.807) is 50.6 Å². The van der Waals surface area contributed by atoms with Gasteiger partial charge in [-0.3, -0.25) is 0 Å². The maximum Gasteiger partial charge on any atom is 0.123 e. The molecule has 0 saturated carbocycles. The molecule has 0 spiro atoms. The van der Waals surface area contributed by atoms with Gasteiger partial charge in [-0.25, -0.2) is 0 Å². The van der Waals surface area contributed by atoms with Gasteiger partial charge in [0.1, 0.15) is 23.0 Å². The van der Waals surface area contributed by atoms with Crippen molar-refractivity contribution in [3.63, 3.8) is 0 Å². The van der Waals surface area contributed by atoms with E-state index in [2.05, 4.69) is 0 Å². The molecule has 0 heterocycles. The fraction of sp³-hybridized carbons (Fsp3) is 0.200. The first kappa shape index (κ1) is 17.5. The standard InChI is InChI=1S/C20H22O4/c1-23-17-9-11-19(21)15(13-17)7-5-3-4-6-8-16-14-18(24-2)10-12-20(16)22/h5-14,21-22H,3-4H2,1-2H3/b7-5+,8-6+. The lowest BCUT2D eigenvalue weighted by Gasteiger charge is -2.03. The number of phenols is 2. The van der Waals surface area contributed by atoms with E-state index in [9.17, 15) is 10.2 Å². The number of hydrogen-bond acceptors (Lipinski definition) is 4. The summed E-state index contributed by atoms with van der Waals surface area (Å²) < 4.78 is 10.3. The van der Waals surface area contributed by atoms with Crippen molar-refractivity contribution in [2.45, 2.75) is 12.8 Å². The molecule has 2 N–H and O–H groups in total. The normalized spacial score (nSPS) is 11.2. The molecule has 0 unspecified atom stereocenters. The molecule has 0 bridgehead atoms. The summed E-state index contributed by atoms with van der Waals surface area (Å²) in [5.41, 5.74) is 1.45. The molecule has 2 aromatic carbocycles. The molecule has 126 valence electrons. The van der Waals surface area contributed by atoms with Crippen LogP contribution in [0.5, 0.6) is 23.0 Å². The number of ether oxygens (including phenoxy) is 2. The molecule has 2 rings (SSSR count). The monoisotopic (exact) mass is 326 g/mol. The Hall–Kier alpha value is -2.88. The molecular weight excluding hydrogens is 304 g/mol. The van der Waals surface area contributed by atoms with Crippen LogP contribution in [-0.4, -0.2) is 24.4 Å². The van der Waals surface area contributed by atoms with Crippen LogP contribution in [0, 0.1) is 0 Å². The van der Waals surface area contributed by atoms with E-state index < -0.39 is 0 Å². The van der Waals surface area contributed by atoms with Crippen LogP contribution >= 0.6 is 0 Å². The molecule has 0 saturated heterocycles. The van der Waals surface area contributed by atoms with Gasteiger partial charge in [0.05, 0.1) is 14.2 Å². The lowest BCUT2D eigenvalue weighted by atomic mass is 10.1. The van der Waals surface area contributed by atoms with E-state index in [0.29, 0.717) is 11.5 Å². The summed E-state index contributed by atoms with van der Waals surface area (Å²) in [6, 6.07) is 10.2. The third kappa shape index (κ3) is 4.81. The Morgan fingerprint density at radius 3 is 1.54 bits per heavy atom. The van der Waals surface area contributed by atoms with E-state index >= 15 is 0 Å². The van der Waals surface area contributed by atoms with Gasteiger partial charge in [-0.2, -0.15) is 0 Å². The average Bonchev–Trinajstić information content (AvgIpc) is 2.60. The van der Waals surface area contributed by atoms with Gasteiger partial charge in [-0.05, 0) is 49.2 Å². The zero-order valence-corrected chi connectivity index (χ0v) is 13.9. The largest absolute Gasteiger partial charge is 0.507 e. The van der Waals surface area contributed by atoms with E-state index in [0.717, 1.165) is 24.0 Å². The number of allylic oxidation sites excluding steroid dienone is 2. The molecule has 0 fully saturated rings. The van der Waals surface area contributed by atoms with Crippen LogP contribution in [0.1, 0.15) is 24.0 Å². The number of rotatable bonds is 7. The van der Waals surface area contributed by atoms with Gasteiger partial charge in [0, 0.05) is 11.1 Å². The van der Waals surface area contributed by atoms with Crippen molar-refractivity contribution in [3.05, 3.63) is 59.7 Å². The molecule has 0 atom stereocenters. The second kappa shape index (κ2) is 8.67. The maximum absolute atomic E-state index is 9.80. The van der Waals surface area contributed by atoms with Crippen LogP contribution in [0.3, 0.4) is 0 Å². The molecule has 0 aromatic heterocycles. The lowest BCUT2D eigenvalue weighted by molar-refractivity contribution is 0.412. The first-order valence-corrected chi connectivity index (χ1v) is 7.71. The Balaban J connectivity index is 1.91. The number of aromatic hydroxyl groups is 2. The second-order valence-corrected chi connectivity index (χ2v) is 5.23. The Bertz CT molecular complexity index is 669. The smallest absolute Gasteiger partial charge is 0.123 e. The van der Waals surface area contributed by atoms with Gasteiger partial charge < -0.3 is 19.7 Å². The average molecular weight is 326 g/mol. The quantitative estimate of drug-likeness (QED) is 0.729. The Kier molecular flexibility index (Phi) is 6.32. The molecule has 0 aliphatic carbocycles. The summed E-state index contributed by atoms with van der Waals surface area (Å²) in [4.78, 5) is 0. The third-order valence-corrected chi connectivity index (χ3v) is 3.56. The van der Waals surface area contributed by atoms with Crippen LogP contribution in [-0.2, 0) is 0 Å². The molecular formula is C20H22O4. The SMILES string of the molecule is COc1ccc(O)c(/C=C/CC/C=C/c2cc(OC)ccc2O)c1. The molecule has 0 amide bonds. The number of methoxy groups -OCH3 is 2. The predicted octanol–water partition coefficient (Wildman–Crippen LogP) is 4.62. The molecule has 24 heavy (non-hydrogen) atoms. The number of phenolic OH excluding ortho intramolecular Hbond substituents is 2. The molecule has 4 nitrogen and oxygen atoms in total. The fourth-order valence-electron chi connectivity index (χ4n) is 2.20.